The fraction of sp³-hybridized carbons (Fsp3) is 0.500. The van der Waals surface area contributed by atoms with Crippen molar-refractivity contribution in [1.82, 2.24) is 18.7 Å². The molecule has 84 valence electrons. The molecule has 0 unspecified atom stereocenters. The molecule has 0 amide bonds. The van der Waals surface area contributed by atoms with Crippen LogP contribution in [0.25, 0.3) is 11.2 Å². The van der Waals surface area contributed by atoms with E-state index in [-0.39, 0.29) is 5.56 Å². The Morgan fingerprint density at radius 3 is 2.94 bits per heavy atom. The van der Waals surface area contributed by atoms with Crippen LogP contribution in [0.4, 0.5) is 5.95 Å². The Morgan fingerprint density at radius 2 is 2.12 bits per heavy atom. The molecule has 16 heavy (non-hydrogen) atoms. The Hall–Kier alpha value is -1.54. The van der Waals surface area contributed by atoms with Crippen molar-refractivity contribution in [3.8, 4) is 0 Å². The average Bonchev–Trinajstić information content (AvgIpc) is 2.79. The largest absolute Gasteiger partial charge is 0.378 e. The smallest absolute Gasteiger partial charge is 0.281 e. The number of aromatic nitrogens is 4. The zero-order valence-corrected chi connectivity index (χ0v) is 9.16. The van der Waals surface area contributed by atoms with Gasteiger partial charge in [0.2, 0.25) is 11.6 Å². The summed E-state index contributed by atoms with van der Waals surface area (Å²) in [4.78, 5) is 20.6. The monoisotopic (exact) mass is 239 g/mol. The van der Waals surface area contributed by atoms with Crippen LogP contribution in [0, 0.1) is 0 Å². The number of rotatable bonds is 1. The number of morpholine rings is 1. The number of H-pyrrole nitrogens is 1. The van der Waals surface area contributed by atoms with Gasteiger partial charge in [0.25, 0.3) is 5.56 Å². The highest BCUT2D eigenvalue weighted by Crippen LogP contribution is 2.11. The summed E-state index contributed by atoms with van der Waals surface area (Å²) in [7, 11) is 0. The quantitative estimate of drug-likeness (QED) is 0.729. The van der Waals surface area contributed by atoms with Gasteiger partial charge in [-0.1, -0.05) is 0 Å². The highest BCUT2D eigenvalue weighted by atomic mass is 32.1. The van der Waals surface area contributed by atoms with Crippen molar-refractivity contribution < 1.29 is 4.74 Å². The molecule has 0 spiro atoms. The first kappa shape index (κ1) is 9.67. The Kier molecular flexibility index (Phi) is 2.29. The van der Waals surface area contributed by atoms with E-state index in [1.165, 1.54) is 0 Å². The summed E-state index contributed by atoms with van der Waals surface area (Å²) >= 11 is 0.997. The van der Waals surface area contributed by atoms with Crippen LogP contribution < -0.4 is 10.5 Å². The summed E-state index contributed by atoms with van der Waals surface area (Å²) in [6.07, 6.45) is 0. The van der Waals surface area contributed by atoms with Crippen molar-refractivity contribution in [1.29, 1.82) is 0 Å². The van der Waals surface area contributed by atoms with Crippen LogP contribution in [0.15, 0.2) is 4.79 Å². The minimum absolute atomic E-state index is 0.236. The predicted molar refractivity (Wildman–Crippen MR) is 58.9 cm³/mol. The average molecular weight is 239 g/mol. The van der Waals surface area contributed by atoms with Crippen LogP contribution >= 0.6 is 11.7 Å². The van der Waals surface area contributed by atoms with Gasteiger partial charge in [-0.15, -0.1) is 0 Å². The number of fused-ring (bicyclic) bond motifs is 1. The van der Waals surface area contributed by atoms with Gasteiger partial charge in [0, 0.05) is 13.1 Å². The summed E-state index contributed by atoms with van der Waals surface area (Å²) < 4.78 is 13.1. The van der Waals surface area contributed by atoms with Gasteiger partial charge in [-0.05, 0) is 0 Å². The second kappa shape index (κ2) is 3.80. The summed E-state index contributed by atoms with van der Waals surface area (Å²) in [6.45, 7) is 2.76. The highest BCUT2D eigenvalue weighted by molar-refractivity contribution is 7.00. The van der Waals surface area contributed by atoms with Crippen molar-refractivity contribution in [2.45, 2.75) is 0 Å². The molecule has 0 saturated carbocycles. The third kappa shape index (κ3) is 1.55. The maximum atomic E-state index is 11.7. The van der Waals surface area contributed by atoms with Gasteiger partial charge in [-0.2, -0.15) is 13.7 Å². The number of nitrogens with one attached hydrogen (secondary N) is 1. The minimum Gasteiger partial charge on any atom is -0.378 e. The van der Waals surface area contributed by atoms with Crippen LogP contribution in [0.1, 0.15) is 0 Å². The Balaban J connectivity index is 2.06. The van der Waals surface area contributed by atoms with Gasteiger partial charge in [-0.3, -0.25) is 9.78 Å². The molecule has 3 heterocycles. The van der Waals surface area contributed by atoms with Crippen LogP contribution in [-0.2, 0) is 4.74 Å². The molecule has 7 nitrogen and oxygen atoms in total. The minimum atomic E-state index is -0.236. The van der Waals surface area contributed by atoms with E-state index < -0.39 is 0 Å². The molecular weight excluding hydrogens is 230 g/mol. The van der Waals surface area contributed by atoms with E-state index in [1.807, 2.05) is 4.90 Å². The molecule has 1 N–H and O–H groups in total. The molecule has 2 aromatic heterocycles. The summed E-state index contributed by atoms with van der Waals surface area (Å²) in [5.74, 6) is 0.550. The van der Waals surface area contributed by atoms with E-state index in [4.69, 9.17) is 4.74 Å². The lowest BCUT2D eigenvalue weighted by Gasteiger charge is -2.26. The van der Waals surface area contributed by atoms with Crippen LogP contribution in [-0.4, -0.2) is 45.0 Å². The maximum absolute atomic E-state index is 11.7. The zero-order chi connectivity index (χ0) is 11.0. The Morgan fingerprint density at radius 1 is 1.31 bits per heavy atom. The fourth-order valence-corrected chi connectivity index (χ4v) is 2.11. The van der Waals surface area contributed by atoms with E-state index >= 15 is 0 Å². The number of hydrogen-bond acceptors (Lipinski definition) is 7. The second-order valence-corrected chi connectivity index (χ2v) is 3.95. The number of nitrogens with zero attached hydrogens (tertiary/aromatic N) is 4. The number of hydrogen-bond donors (Lipinski definition) is 1. The van der Waals surface area contributed by atoms with Gasteiger partial charge in [0.05, 0.1) is 24.9 Å². The molecule has 0 atom stereocenters. The molecule has 3 rings (SSSR count). The lowest BCUT2D eigenvalue weighted by atomic mass is 10.4. The topological polar surface area (TPSA) is 84.0 Å². The molecular formula is C8H9N5O2S. The molecule has 1 aliphatic heterocycles. The highest BCUT2D eigenvalue weighted by Gasteiger charge is 2.15. The van der Waals surface area contributed by atoms with Crippen molar-refractivity contribution >= 4 is 28.8 Å². The third-order valence-corrected chi connectivity index (χ3v) is 2.95. The molecule has 0 aliphatic carbocycles. The van der Waals surface area contributed by atoms with E-state index in [2.05, 4.69) is 18.7 Å². The van der Waals surface area contributed by atoms with Gasteiger partial charge in [0.15, 0.2) is 5.52 Å². The molecule has 0 bridgehead atoms. The standard InChI is InChI=1S/C8H9N5O2S/c14-7-5-6(12-16-11-5)9-8(10-7)13-1-3-15-4-2-13/h1-4H2,(H,9,10,12,14). The number of ether oxygens (including phenoxy) is 1. The number of anilines is 1. The lowest BCUT2D eigenvalue weighted by Crippen LogP contribution is -2.38. The summed E-state index contributed by atoms with van der Waals surface area (Å²) in [6, 6.07) is 0. The molecule has 0 radical (unpaired) electrons. The van der Waals surface area contributed by atoms with E-state index in [0.29, 0.717) is 30.3 Å². The fourth-order valence-electron chi connectivity index (χ4n) is 1.61. The SMILES string of the molecule is O=c1[nH]c(N2CCOCC2)nc2nsnc12. The van der Waals surface area contributed by atoms with E-state index in [1.54, 1.807) is 0 Å². The lowest BCUT2D eigenvalue weighted by molar-refractivity contribution is 0.122. The van der Waals surface area contributed by atoms with Gasteiger partial charge >= 0.3 is 0 Å². The molecule has 1 aliphatic rings. The summed E-state index contributed by atoms with van der Waals surface area (Å²) in [5.41, 5.74) is 0.484. The second-order valence-electron chi connectivity index (χ2n) is 3.43. The Bertz CT molecular complexity index is 559. The third-order valence-electron chi connectivity index (χ3n) is 2.43. The zero-order valence-electron chi connectivity index (χ0n) is 8.34. The van der Waals surface area contributed by atoms with E-state index in [0.717, 1.165) is 24.8 Å². The first-order valence-electron chi connectivity index (χ1n) is 4.90. The van der Waals surface area contributed by atoms with Gasteiger partial charge in [-0.25, -0.2) is 0 Å². The first-order chi connectivity index (χ1) is 7.84. The van der Waals surface area contributed by atoms with Crippen molar-refractivity contribution in [2.24, 2.45) is 0 Å². The van der Waals surface area contributed by atoms with Crippen molar-refractivity contribution in [3.63, 3.8) is 0 Å². The van der Waals surface area contributed by atoms with Crippen LogP contribution in [0.5, 0.6) is 0 Å². The molecule has 0 aromatic carbocycles. The molecule has 2 aromatic rings. The van der Waals surface area contributed by atoms with Crippen molar-refractivity contribution in [3.05, 3.63) is 10.4 Å². The normalized spacial score (nSPS) is 16.9. The van der Waals surface area contributed by atoms with Crippen LogP contribution in [0.2, 0.25) is 0 Å². The molecule has 1 fully saturated rings. The predicted octanol–water partition coefficient (Wildman–Crippen LogP) is -0.389. The Labute approximate surface area is 94.4 Å². The maximum Gasteiger partial charge on any atom is 0.281 e. The van der Waals surface area contributed by atoms with Crippen molar-refractivity contribution in [2.75, 3.05) is 31.2 Å². The molecule has 1 saturated heterocycles. The first-order valence-corrected chi connectivity index (χ1v) is 5.63. The van der Waals surface area contributed by atoms with Crippen LogP contribution in [0.3, 0.4) is 0 Å². The van der Waals surface area contributed by atoms with Gasteiger partial charge in [0.1, 0.15) is 0 Å². The summed E-state index contributed by atoms with van der Waals surface area (Å²) in [5, 5.41) is 0. The van der Waals surface area contributed by atoms with E-state index in [9.17, 15) is 4.79 Å². The number of aromatic amines is 1. The van der Waals surface area contributed by atoms with Gasteiger partial charge < -0.3 is 9.64 Å². The molecule has 8 heteroatoms.